The number of rotatable bonds is 66. The minimum Gasteiger partial charge on any atom is -0.466 e. The van der Waals surface area contributed by atoms with Gasteiger partial charge in [0.05, 0.1) is 25.4 Å². The third-order valence-corrected chi connectivity index (χ3v) is 16.5. The highest BCUT2D eigenvalue weighted by Crippen LogP contribution is 2.19. The summed E-state index contributed by atoms with van der Waals surface area (Å²) in [6.07, 6.45) is 84.0. The van der Waals surface area contributed by atoms with Gasteiger partial charge in [0, 0.05) is 12.8 Å². The number of esters is 1. The molecular formula is C71H137NO5. The topological polar surface area (TPSA) is 95.9 Å². The van der Waals surface area contributed by atoms with Crippen LogP contribution in [0.15, 0.2) is 24.3 Å². The fraction of sp³-hybridized carbons (Fsp3) is 0.915. The predicted molar refractivity (Wildman–Crippen MR) is 338 cm³/mol. The number of carbonyl (C=O) groups is 2. The molecule has 0 radical (unpaired) electrons. The number of nitrogens with one attached hydrogen (secondary N) is 1. The summed E-state index contributed by atoms with van der Waals surface area (Å²) in [5.41, 5.74) is 0. The molecule has 0 spiro atoms. The Morgan fingerprint density at radius 1 is 0.351 bits per heavy atom. The van der Waals surface area contributed by atoms with Crippen molar-refractivity contribution in [1.82, 2.24) is 5.32 Å². The van der Waals surface area contributed by atoms with Crippen molar-refractivity contribution in [2.75, 3.05) is 13.2 Å². The highest BCUT2D eigenvalue weighted by molar-refractivity contribution is 5.76. The van der Waals surface area contributed by atoms with Crippen LogP contribution in [0.5, 0.6) is 0 Å². The van der Waals surface area contributed by atoms with E-state index in [1.54, 1.807) is 6.08 Å². The first-order chi connectivity index (χ1) is 38.0. The van der Waals surface area contributed by atoms with Gasteiger partial charge in [-0.1, -0.05) is 346 Å². The molecule has 0 aromatic rings. The minimum atomic E-state index is -0.841. The van der Waals surface area contributed by atoms with E-state index in [1.165, 1.54) is 327 Å². The summed E-state index contributed by atoms with van der Waals surface area (Å²) in [5, 5.41) is 23.1. The standard InChI is InChI=1S/C71H137NO5/c1-3-5-7-9-11-13-15-17-18-19-30-34-37-41-45-49-53-57-61-65-71(76)77-66-62-58-54-50-46-42-38-35-32-29-27-25-23-21-20-22-24-26-28-31-33-36-40-44-48-52-56-60-64-70(75)72-68(67-73)69(74)63-59-55-51-47-43-39-16-14-12-10-8-6-4-2/h17-18,59,63,68-69,73-74H,3-16,19-58,60-62,64-67H2,1-2H3,(H,72,75)/b18-17-,63-59+. The van der Waals surface area contributed by atoms with Gasteiger partial charge >= 0.3 is 5.97 Å². The smallest absolute Gasteiger partial charge is 0.305 e. The van der Waals surface area contributed by atoms with Crippen LogP contribution in [0.3, 0.4) is 0 Å². The Balaban J connectivity index is 3.33. The normalized spacial score (nSPS) is 12.6. The van der Waals surface area contributed by atoms with Crippen LogP contribution in [0.2, 0.25) is 0 Å². The maximum absolute atomic E-state index is 12.5. The van der Waals surface area contributed by atoms with Crippen LogP contribution >= 0.6 is 0 Å². The van der Waals surface area contributed by atoms with Crippen molar-refractivity contribution in [3.8, 4) is 0 Å². The Morgan fingerprint density at radius 2 is 0.610 bits per heavy atom. The van der Waals surface area contributed by atoms with E-state index in [2.05, 4.69) is 31.3 Å². The van der Waals surface area contributed by atoms with Gasteiger partial charge in [0.1, 0.15) is 0 Å². The van der Waals surface area contributed by atoms with Crippen LogP contribution < -0.4 is 5.32 Å². The molecule has 3 N–H and O–H groups in total. The number of ether oxygens (including phenoxy) is 1. The number of hydrogen-bond donors (Lipinski definition) is 3. The number of aliphatic hydroxyl groups is 2. The molecule has 6 heteroatoms. The van der Waals surface area contributed by atoms with Crippen LogP contribution in [0, 0.1) is 0 Å². The molecule has 0 aliphatic heterocycles. The lowest BCUT2D eigenvalue weighted by Crippen LogP contribution is -2.45. The number of carbonyl (C=O) groups excluding carboxylic acids is 2. The van der Waals surface area contributed by atoms with Crippen LogP contribution in [0.25, 0.3) is 0 Å². The van der Waals surface area contributed by atoms with Crippen LogP contribution in [0.1, 0.15) is 393 Å². The second kappa shape index (κ2) is 66.8. The second-order valence-electron chi connectivity index (χ2n) is 24.2. The molecule has 2 unspecified atom stereocenters. The quantitative estimate of drug-likeness (QED) is 0.0320. The molecular weight excluding hydrogens is 947 g/mol. The zero-order valence-electron chi connectivity index (χ0n) is 52.2. The number of unbranched alkanes of at least 4 members (excludes halogenated alkanes) is 53. The van der Waals surface area contributed by atoms with Crippen molar-refractivity contribution in [2.24, 2.45) is 0 Å². The maximum Gasteiger partial charge on any atom is 0.305 e. The number of amides is 1. The summed E-state index contributed by atoms with van der Waals surface area (Å²) in [6.45, 7) is 4.93. The van der Waals surface area contributed by atoms with Gasteiger partial charge < -0.3 is 20.3 Å². The Labute approximate surface area is 481 Å². The molecule has 77 heavy (non-hydrogen) atoms. The first-order valence-electron chi connectivity index (χ1n) is 35.1. The number of hydrogen-bond acceptors (Lipinski definition) is 5. The van der Waals surface area contributed by atoms with E-state index in [-0.39, 0.29) is 18.5 Å². The lowest BCUT2D eigenvalue weighted by Gasteiger charge is -2.20. The lowest BCUT2D eigenvalue weighted by molar-refractivity contribution is -0.143. The summed E-state index contributed by atoms with van der Waals surface area (Å²) < 4.78 is 5.51. The molecule has 0 fully saturated rings. The average Bonchev–Trinajstić information content (AvgIpc) is 3.43. The van der Waals surface area contributed by atoms with E-state index in [0.29, 0.717) is 19.4 Å². The van der Waals surface area contributed by atoms with E-state index in [9.17, 15) is 19.8 Å². The molecule has 1 amide bonds. The molecule has 0 rings (SSSR count). The highest BCUT2D eigenvalue weighted by Gasteiger charge is 2.18. The molecule has 0 saturated carbocycles. The van der Waals surface area contributed by atoms with E-state index < -0.39 is 12.1 Å². The zero-order valence-corrected chi connectivity index (χ0v) is 52.2. The highest BCUT2D eigenvalue weighted by atomic mass is 16.5. The van der Waals surface area contributed by atoms with Crippen molar-refractivity contribution in [2.45, 2.75) is 405 Å². The Hall–Kier alpha value is -1.66. The van der Waals surface area contributed by atoms with Gasteiger partial charge in [-0.2, -0.15) is 0 Å². The Bertz CT molecular complexity index is 1200. The van der Waals surface area contributed by atoms with E-state index >= 15 is 0 Å². The summed E-state index contributed by atoms with van der Waals surface area (Å²) in [7, 11) is 0. The van der Waals surface area contributed by atoms with E-state index in [4.69, 9.17) is 4.74 Å². The summed E-state index contributed by atoms with van der Waals surface area (Å²) in [4.78, 5) is 24.6. The first kappa shape index (κ1) is 75.3. The van der Waals surface area contributed by atoms with Crippen LogP contribution in [0.4, 0.5) is 0 Å². The first-order valence-corrected chi connectivity index (χ1v) is 35.1. The van der Waals surface area contributed by atoms with E-state index in [0.717, 1.165) is 38.5 Å². The summed E-state index contributed by atoms with van der Waals surface area (Å²) in [5.74, 6) is -0.0446. The van der Waals surface area contributed by atoms with Gasteiger partial charge in [-0.3, -0.25) is 9.59 Å². The molecule has 0 aromatic heterocycles. The molecule has 2 atom stereocenters. The number of allylic oxidation sites excluding steroid dienone is 3. The molecule has 456 valence electrons. The van der Waals surface area contributed by atoms with Gasteiger partial charge in [-0.25, -0.2) is 0 Å². The predicted octanol–water partition coefficient (Wildman–Crippen LogP) is 22.5. The van der Waals surface area contributed by atoms with Gasteiger partial charge in [0.15, 0.2) is 0 Å². The fourth-order valence-corrected chi connectivity index (χ4v) is 11.1. The lowest BCUT2D eigenvalue weighted by atomic mass is 10.0. The fourth-order valence-electron chi connectivity index (χ4n) is 11.1. The molecule has 0 aliphatic carbocycles. The van der Waals surface area contributed by atoms with Gasteiger partial charge in [0.2, 0.25) is 5.91 Å². The third kappa shape index (κ3) is 63.4. The molecule has 0 aliphatic rings. The minimum absolute atomic E-state index is 0.0187. The summed E-state index contributed by atoms with van der Waals surface area (Å²) >= 11 is 0. The molecule has 0 bridgehead atoms. The Morgan fingerprint density at radius 3 is 0.922 bits per heavy atom. The largest absolute Gasteiger partial charge is 0.466 e. The van der Waals surface area contributed by atoms with E-state index in [1.807, 2.05) is 6.08 Å². The van der Waals surface area contributed by atoms with Crippen molar-refractivity contribution >= 4 is 11.9 Å². The molecule has 0 saturated heterocycles. The molecule has 6 nitrogen and oxygen atoms in total. The maximum atomic E-state index is 12.5. The third-order valence-electron chi connectivity index (χ3n) is 16.5. The van der Waals surface area contributed by atoms with Gasteiger partial charge in [-0.15, -0.1) is 0 Å². The van der Waals surface area contributed by atoms with Crippen molar-refractivity contribution in [3.05, 3.63) is 24.3 Å². The average molecular weight is 1080 g/mol. The van der Waals surface area contributed by atoms with Crippen LogP contribution in [-0.4, -0.2) is 47.4 Å². The zero-order chi connectivity index (χ0) is 55.7. The number of aliphatic hydroxyl groups excluding tert-OH is 2. The Kier molecular flexibility index (Phi) is 65.4. The van der Waals surface area contributed by atoms with Crippen LogP contribution in [-0.2, 0) is 14.3 Å². The molecule has 0 aromatic carbocycles. The van der Waals surface area contributed by atoms with Crippen molar-refractivity contribution in [3.63, 3.8) is 0 Å². The SMILES string of the molecule is CCCCCCCC/C=C\CCCCCCCCCCCC(=O)OCCCCCCCCCCCCCCCCCCCCCCCCCCCCCCC(=O)NC(CO)C(O)/C=C/CCCCCCCCCCCCC. The monoisotopic (exact) mass is 1080 g/mol. The van der Waals surface area contributed by atoms with Crippen molar-refractivity contribution < 1.29 is 24.5 Å². The van der Waals surface area contributed by atoms with Gasteiger partial charge in [-0.05, 0) is 57.8 Å². The van der Waals surface area contributed by atoms with Crippen molar-refractivity contribution in [1.29, 1.82) is 0 Å². The summed E-state index contributed by atoms with van der Waals surface area (Å²) in [6, 6.07) is -0.624. The second-order valence-corrected chi connectivity index (χ2v) is 24.2. The van der Waals surface area contributed by atoms with Gasteiger partial charge in [0.25, 0.3) is 0 Å². The molecule has 0 heterocycles.